The van der Waals surface area contributed by atoms with Gasteiger partial charge in [0.15, 0.2) is 0 Å². The Labute approximate surface area is 183 Å². The number of carbonyl (C=O) groups is 1. The van der Waals surface area contributed by atoms with Gasteiger partial charge in [-0.25, -0.2) is 0 Å². The van der Waals surface area contributed by atoms with Crippen LogP contribution in [-0.4, -0.2) is 71.0 Å². The van der Waals surface area contributed by atoms with Crippen LogP contribution in [0.15, 0.2) is 18.2 Å². The van der Waals surface area contributed by atoms with Crippen LogP contribution in [0.1, 0.15) is 43.4 Å². The van der Waals surface area contributed by atoms with Crippen LogP contribution >= 0.6 is 0 Å². The van der Waals surface area contributed by atoms with E-state index < -0.39 is 10.2 Å². The summed E-state index contributed by atoms with van der Waals surface area (Å²) in [6, 6.07) is 5.30. The minimum atomic E-state index is -3.87. The Morgan fingerprint density at radius 2 is 1.90 bits per heavy atom. The fraction of sp³-hybridized carbons (Fsp3) is 0.550. The van der Waals surface area contributed by atoms with Gasteiger partial charge in [-0.15, -0.1) is 4.09 Å². The quantitative estimate of drug-likeness (QED) is 0.684. The topological polar surface area (TPSA) is 110 Å². The van der Waals surface area contributed by atoms with Crippen molar-refractivity contribution in [2.75, 3.05) is 32.5 Å². The number of hydrogen-bond donors (Lipinski definition) is 1. The van der Waals surface area contributed by atoms with Crippen molar-refractivity contribution in [1.29, 1.82) is 0 Å². The largest absolute Gasteiger partial charge is 0.489 e. The van der Waals surface area contributed by atoms with Gasteiger partial charge in [-0.3, -0.25) is 14.7 Å². The average molecular weight is 451 g/mol. The lowest BCUT2D eigenvalue weighted by atomic mass is 10.2. The summed E-state index contributed by atoms with van der Waals surface area (Å²) in [5, 5.41) is 6.87. The van der Waals surface area contributed by atoms with Gasteiger partial charge in [0.25, 0.3) is 0 Å². The van der Waals surface area contributed by atoms with Crippen LogP contribution in [0.2, 0.25) is 0 Å². The Morgan fingerprint density at radius 1 is 1.26 bits per heavy atom. The lowest BCUT2D eigenvalue weighted by molar-refractivity contribution is -0.114. The number of hydrogen-bond acceptors (Lipinski definition) is 7. The first-order chi connectivity index (χ1) is 14.5. The number of aromatic nitrogens is 3. The van der Waals surface area contributed by atoms with Crippen molar-refractivity contribution < 1.29 is 17.9 Å². The number of aryl methyl sites for hydroxylation is 2. The lowest BCUT2D eigenvalue weighted by Crippen LogP contribution is -2.31. The average Bonchev–Trinajstić information content (AvgIpc) is 3.27. The second kappa shape index (κ2) is 8.93. The van der Waals surface area contributed by atoms with Gasteiger partial charge >= 0.3 is 10.2 Å². The van der Waals surface area contributed by atoms with Crippen molar-refractivity contribution in [3.05, 3.63) is 35.3 Å². The molecule has 1 aliphatic rings. The van der Waals surface area contributed by atoms with Crippen LogP contribution in [0.4, 0.5) is 5.82 Å². The van der Waals surface area contributed by atoms with Crippen LogP contribution < -0.4 is 10.1 Å². The summed E-state index contributed by atoms with van der Waals surface area (Å²) < 4.78 is 33.4. The van der Waals surface area contributed by atoms with Crippen molar-refractivity contribution in [2.24, 2.45) is 0 Å². The third kappa shape index (κ3) is 5.23. The molecule has 0 aliphatic carbocycles. The predicted molar refractivity (Wildman–Crippen MR) is 117 cm³/mol. The summed E-state index contributed by atoms with van der Waals surface area (Å²) in [6.07, 6.45) is 0.867. The summed E-state index contributed by atoms with van der Waals surface area (Å²) in [5.74, 6) is 0.559. The molecule has 170 valence electrons. The highest BCUT2D eigenvalue weighted by molar-refractivity contribution is 7.87. The highest BCUT2D eigenvalue weighted by Gasteiger charge is 2.31. The smallest absolute Gasteiger partial charge is 0.324 e. The molecule has 2 atom stereocenters. The second-order valence-electron chi connectivity index (χ2n) is 8.05. The molecule has 2 aromatic heterocycles. The Bertz CT molecular complexity index is 1050. The fourth-order valence-corrected chi connectivity index (χ4v) is 4.48. The maximum Gasteiger partial charge on any atom is 0.324 e. The van der Waals surface area contributed by atoms with Crippen LogP contribution in [0.3, 0.4) is 0 Å². The van der Waals surface area contributed by atoms with Gasteiger partial charge in [0.2, 0.25) is 5.91 Å². The summed E-state index contributed by atoms with van der Waals surface area (Å²) in [6.45, 7) is 8.65. The van der Waals surface area contributed by atoms with Crippen molar-refractivity contribution in [1.82, 2.24) is 23.4 Å². The van der Waals surface area contributed by atoms with E-state index >= 15 is 0 Å². The van der Waals surface area contributed by atoms with Gasteiger partial charge in [-0.1, -0.05) is 0 Å². The van der Waals surface area contributed by atoms with E-state index in [1.165, 1.54) is 21.0 Å². The first-order valence-corrected chi connectivity index (χ1v) is 11.5. The lowest BCUT2D eigenvalue weighted by Gasteiger charge is -2.22. The molecule has 1 N–H and O–H groups in total. The molecule has 2 aromatic rings. The molecular formula is C20H30N6O4S. The van der Waals surface area contributed by atoms with Gasteiger partial charge in [0, 0.05) is 63.7 Å². The van der Waals surface area contributed by atoms with Gasteiger partial charge in [0.05, 0.1) is 11.7 Å². The van der Waals surface area contributed by atoms with Gasteiger partial charge in [-0.05, 0) is 27.2 Å². The van der Waals surface area contributed by atoms with Crippen molar-refractivity contribution in [3.63, 3.8) is 0 Å². The van der Waals surface area contributed by atoms with E-state index in [0.717, 1.165) is 38.5 Å². The summed E-state index contributed by atoms with van der Waals surface area (Å²) in [4.78, 5) is 18.1. The summed E-state index contributed by atoms with van der Waals surface area (Å²) in [7, 11) is -1.04. The van der Waals surface area contributed by atoms with E-state index in [1.807, 2.05) is 32.9 Å². The number of likely N-dealkylation sites (tertiary alicyclic amines) is 1. The van der Waals surface area contributed by atoms with Crippen LogP contribution in [0.25, 0.3) is 0 Å². The molecule has 1 saturated heterocycles. The maximum atomic E-state index is 12.6. The Hall–Kier alpha value is -2.50. The van der Waals surface area contributed by atoms with E-state index in [4.69, 9.17) is 4.74 Å². The summed E-state index contributed by atoms with van der Waals surface area (Å²) in [5.41, 5.74) is 2.39. The number of nitrogens with one attached hydrogen (secondary N) is 1. The monoisotopic (exact) mass is 450 g/mol. The van der Waals surface area contributed by atoms with E-state index in [9.17, 15) is 13.2 Å². The van der Waals surface area contributed by atoms with Crippen molar-refractivity contribution in [2.45, 2.75) is 46.3 Å². The number of rotatable bonds is 7. The maximum absolute atomic E-state index is 12.6. The van der Waals surface area contributed by atoms with Crippen molar-refractivity contribution in [3.8, 4) is 5.75 Å². The number of nitrogens with zero attached hydrogens (tertiary/aromatic N) is 5. The number of pyridine rings is 1. The van der Waals surface area contributed by atoms with E-state index in [2.05, 4.69) is 20.3 Å². The molecule has 2 unspecified atom stereocenters. The molecule has 3 rings (SSSR count). The van der Waals surface area contributed by atoms with Crippen LogP contribution in [-0.2, 0) is 15.0 Å². The molecule has 1 aliphatic heterocycles. The van der Waals surface area contributed by atoms with Crippen LogP contribution in [0.5, 0.6) is 5.75 Å². The van der Waals surface area contributed by atoms with Crippen LogP contribution in [0, 0.1) is 13.8 Å². The number of carbonyl (C=O) groups excluding carboxylic acids is 1. The third-order valence-corrected chi connectivity index (χ3v) is 6.83. The minimum Gasteiger partial charge on any atom is -0.489 e. The highest BCUT2D eigenvalue weighted by atomic mass is 32.2. The molecule has 11 heteroatoms. The number of amides is 1. The molecule has 31 heavy (non-hydrogen) atoms. The first kappa shape index (κ1) is 23.2. The molecule has 0 spiro atoms. The predicted octanol–water partition coefficient (Wildman–Crippen LogP) is 1.72. The number of anilines is 1. The minimum absolute atomic E-state index is 0.0195. The molecule has 0 saturated carbocycles. The fourth-order valence-electron chi connectivity index (χ4n) is 3.63. The molecule has 1 amide bonds. The van der Waals surface area contributed by atoms with E-state index in [-0.39, 0.29) is 23.9 Å². The zero-order valence-electron chi connectivity index (χ0n) is 18.8. The van der Waals surface area contributed by atoms with Gasteiger partial charge < -0.3 is 10.1 Å². The van der Waals surface area contributed by atoms with Crippen molar-refractivity contribution >= 4 is 21.9 Å². The molecule has 1 fully saturated rings. The third-order valence-electron chi connectivity index (χ3n) is 5.19. The Kier molecular flexibility index (Phi) is 6.68. The Morgan fingerprint density at radius 3 is 2.48 bits per heavy atom. The normalized spacial score (nSPS) is 18.4. The first-order valence-electron chi connectivity index (χ1n) is 10.1. The molecule has 0 radical (unpaired) electrons. The molecular weight excluding hydrogens is 420 g/mol. The zero-order chi connectivity index (χ0) is 22.9. The molecule has 10 nitrogen and oxygen atoms in total. The Balaban J connectivity index is 1.77. The SMILES string of the molecule is CC(=O)Nc1cc(C(C)N2CCC(Oc3cc(C)nc(C)c3)C2)nn1S(=O)(=O)N(C)C. The molecule has 3 heterocycles. The summed E-state index contributed by atoms with van der Waals surface area (Å²) >= 11 is 0. The second-order valence-corrected chi connectivity index (χ2v) is 10.0. The van der Waals surface area contributed by atoms with Gasteiger partial charge in [0.1, 0.15) is 17.7 Å². The zero-order valence-corrected chi connectivity index (χ0v) is 19.6. The molecule has 0 bridgehead atoms. The van der Waals surface area contributed by atoms with E-state index in [1.54, 1.807) is 6.07 Å². The number of ether oxygens (including phenoxy) is 1. The molecule has 0 aromatic carbocycles. The van der Waals surface area contributed by atoms with Gasteiger partial charge in [-0.2, -0.15) is 17.8 Å². The standard InChI is InChI=1S/C20H30N6O4S/c1-13-9-18(10-14(2)21-13)30-17-7-8-25(12-17)15(3)19-11-20(22-16(4)27)26(23-19)31(28,29)24(5)6/h9-11,15,17H,7-8,12H2,1-6H3,(H,22,27). The van der Waals surface area contributed by atoms with E-state index in [0.29, 0.717) is 12.2 Å². The highest BCUT2D eigenvalue weighted by Crippen LogP contribution is 2.29.